The lowest BCUT2D eigenvalue weighted by atomic mass is 9.86. The Bertz CT molecular complexity index is 804. The second-order valence-corrected chi connectivity index (χ2v) is 7.94. The number of rotatable bonds is 5. The Balaban J connectivity index is 2.08. The molecule has 0 bridgehead atoms. The van der Waals surface area contributed by atoms with Gasteiger partial charge in [0.15, 0.2) is 6.10 Å². The lowest BCUT2D eigenvalue weighted by Gasteiger charge is -2.19. The van der Waals surface area contributed by atoms with Crippen LogP contribution in [0.15, 0.2) is 46.9 Å². The van der Waals surface area contributed by atoms with Gasteiger partial charge in [-0.05, 0) is 52.0 Å². The third kappa shape index (κ3) is 4.73. The lowest BCUT2D eigenvalue weighted by molar-refractivity contribution is 0.0318. The van der Waals surface area contributed by atoms with Crippen LogP contribution in [0.1, 0.15) is 54.0 Å². The van der Waals surface area contributed by atoms with Crippen LogP contribution in [0.2, 0.25) is 0 Å². The van der Waals surface area contributed by atoms with E-state index in [0.717, 1.165) is 5.56 Å². The monoisotopic (exact) mass is 418 g/mol. The number of halogens is 1. The zero-order valence-corrected chi connectivity index (χ0v) is 17.2. The molecule has 4 nitrogen and oxygen atoms in total. The van der Waals surface area contributed by atoms with Gasteiger partial charge in [-0.25, -0.2) is 4.79 Å². The normalized spacial score (nSPS) is 12.4. The van der Waals surface area contributed by atoms with Crippen LogP contribution >= 0.6 is 15.9 Å². The average Bonchev–Trinajstić information content (AvgIpc) is 2.60. The second kappa shape index (κ2) is 8.04. The summed E-state index contributed by atoms with van der Waals surface area (Å²) in [7, 11) is 1.55. The Labute approximate surface area is 162 Å². The summed E-state index contributed by atoms with van der Waals surface area (Å²) in [5.74, 6) is -0.170. The van der Waals surface area contributed by atoms with Crippen molar-refractivity contribution in [1.29, 1.82) is 0 Å². The summed E-state index contributed by atoms with van der Waals surface area (Å²) in [5.41, 5.74) is 2.03. The fourth-order valence-corrected chi connectivity index (χ4v) is 2.99. The summed E-state index contributed by atoms with van der Waals surface area (Å²) >= 11 is 3.33. The highest BCUT2D eigenvalue weighted by atomic mass is 79.9. The molecule has 0 saturated heterocycles. The molecule has 0 spiro atoms. The van der Waals surface area contributed by atoms with Gasteiger partial charge >= 0.3 is 5.97 Å². The number of ether oxygens (including phenoxy) is 2. The molecule has 1 atom stereocenters. The molecule has 0 saturated carbocycles. The summed E-state index contributed by atoms with van der Waals surface area (Å²) < 4.78 is 11.1. The van der Waals surface area contributed by atoms with E-state index in [9.17, 15) is 9.59 Å². The van der Waals surface area contributed by atoms with Gasteiger partial charge in [0.25, 0.3) is 0 Å². The highest BCUT2D eigenvalue weighted by Gasteiger charge is 2.22. The maximum absolute atomic E-state index is 12.5. The molecule has 0 N–H and O–H groups in total. The molecule has 2 aromatic carbocycles. The molecule has 0 heterocycles. The molecular formula is C21H23BrO4. The Morgan fingerprint density at radius 3 is 2.08 bits per heavy atom. The van der Waals surface area contributed by atoms with E-state index < -0.39 is 12.1 Å². The number of Topliss-reactive ketones (excluding diaryl/α,β-unsaturated/α-hetero) is 1. The lowest BCUT2D eigenvalue weighted by Crippen LogP contribution is -2.24. The van der Waals surface area contributed by atoms with Crippen molar-refractivity contribution < 1.29 is 19.1 Å². The van der Waals surface area contributed by atoms with Gasteiger partial charge in [-0.1, -0.05) is 45.0 Å². The molecule has 0 aliphatic rings. The van der Waals surface area contributed by atoms with Crippen molar-refractivity contribution in [2.45, 2.75) is 39.2 Å². The maximum Gasteiger partial charge on any atom is 0.338 e. The van der Waals surface area contributed by atoms with Gasteiger partial charge in [0.2, 0.25) is 5.78 Å². The number of hydrogen-bond donors (Lipinski definition) is 0. The summed E-state index contributed by atoms with van der Waals surface area (Å²) in [6.45, 7) is 7.92. The molecule has 0 aromatic heterocycles. The quantitative estimate of drug-likeness (QED) is 0.495. The molecule has 5 heteroatoms. The molecule has 0 unspecified atom stereocenters. The third-order valence-electron chi connectivity index (χ3n) is 4.08. The molecule has 138 valence electrons. The molecule has 0 radical (unpaired) electrons. The van der Waals surface area contributed by atoms with Gasteiger partial charge in [-0.2, -0.15) is 0 Å². The van der Waals surface area contributed by atoms with Gasteiger partial charge in [0, 0.05) is 5.56 Å². The number of esters is 1. The summed E-state index contributed by atoms with van der Waals surface area (Å²) in [5, 5.41) is 0. The van der Waals surface area contributed by atoms with E-state index in [1.165, 1.54) is 0 Å². The Hall–Kier alpha value is -2.14. The minimum atomic E-state index is -0.871. The standard InChI is InChI=1S/C21H23BrO4/c1-13(19(23)14-6-9-16(10-7-14)21(2,3)4)26-20(24)15-8-11-18(25-5)17(22)12-15/h6-13H,1-5H3/t13-/m0/s1. The van der Waals surface area contributed by atoms with Crippen LogP contribution < -0.4 is 4.74 Å². The van der Waals surface area contributed by atoms with Gasteiger partial charge < -0.3 is 9.47 Å². The molecule has 2 aromatic rings. The minimum Gasteiger partial charge on any atom is -0.496 e. The van der Waals surface area contributed by atoms with E-state index in [0.29, 0.717) is 21.3 Å². The van der Waals surface area contributed by atoms with Crippen molar-refractivity contribution in [3.8, 4) is 5.75 Å². The molecule has 0 aliphatic carbocycles. The van der Waals surface area contributed by atoms with Crippen LogP contribution in [-0.2, 0) is 10.2 Å². The first-order chi connectivity index (χ1) is 12.1. The van der Waals surface area contributed by atoms with Crippen LogP contribution in [0.3, 0.4) is 0 Å². The van der Waals surface area contributed by atoms with Crippen molar-refractivity contribution in [2.75, 3.05) is 7.11 Å². The number of hydrogen-bond acceptors (Lipinski definition) is 4. The number of carbonyl (C=O) groups is 2. The SMILES string of the molecule is COc1ccc(C(=O)O[C@@H](C)C(=O)c2ccc(C(C)(C)C)cc2)cc1Br. The first-order valence-electron chi connectivity index (χ1n) is 8.32. The predicted octanol–water partition coefficient (Wildman–Crippen LogP) is 5.18. The van der Waals surface area contributed by atoms with Crippen molar-refractivity contribution in [1.82, 2.24) is 0 Å². The van der Waals surface area contributed by atoms with Gasteiger partial charge in [0.1, 0.15) is 5.75 Å². The van der Waals surface area contributed by atoms with Gasteiger partial charge in [0.05, 0.1) is 17.1 Å². The van der Waals surface area contributed by atoms with Gasteiger partial charge in [-0.15, -0.1) is 0 Å². The number of benzene rings is 2. The summed E-state index contributed by atoms with van der Waals surface area (Å²) in [4.78, 5) is 24.8. The van der Waals surface area contributed by atoms with Crippen LogP contribution in [0.5, 0.6) is 5.75 Å². The number of methoxy groups -OCH3 is 1. The van der Waals surface area contributed by atoms with Crippen LogP contribution in [0, 0.1) is 0 Å². The third-order valence-corrected chi connectivity index (χ3v) is 4.70. The Kier molecular flexibility index (Phi) is 6.24. The largest absolute Gasteiger partial charge is 0.496 e. The molecule has 0 amide bonds. The zero-order chi connectivity index (χ0) is 19.5. The van der Waals surface area contributed by atoms with E-state index in [1.54, 1.807) is 44.4 Å². The highest BCUT2D eigenvalue weighted by Crippen LogP contribution is 2.26. The van der Waals surface area contributed by atoms with E-state index in [1.807, 2.05) is 12.1 Å². The van der Waals surface area contributed by atoms with Crippen molar-refractivity contribution in [3.63, 3.8) is 0 Å². The molecule has 26 heavy (non-hydrogen) atoms. The van der Waals surface area contributed by atoms with Crippen molar-refractivity contribution in [3.05, 3.63) is 63.6 Å². The summed E-state index contributed by atoms with van der Waals surface area (Å²) in [6.07, 6.45) is -0.871. The number of ketones is 1. The van der Waals surface area contributed by atoms with Gasteiger partial charge in [-0.3, -0.25) is 4.79 Å². The highest BCUT2D eigenvalue weighted by molar-refractivity contribution is 9.10. The topological polar surface area (TPSA) is 52.6 Å². The average molecular weight is 419 g/mol. The van der Waals surface area contributed by atoms with Crippen LogP contribution in [-0.4, -0.2) is 25.0 Å². The van der Waals surface area contributed by atoms with Crippen LogP contribution in [0.4, 0.5) is 0 Å². The summed E-state index contributed by atoms with van der Waals surface area (Å²) in [6, 6.07) is 12.3. The first-order valence-corrected chi connectivity index (χ1v) is 9.12. The second-order valence-electron chi connectivity index (χ2n) is 7.09. The number of carbonyl (C=O) groups excluding carboxylic acids is 2. The Morgan fingerprint density at radius 1 is 1.00 bits per heavy atom. The zero-order valence-electron chi connectivity index (χ0n) is 15.6. The smallest absolute Gasteiger partial charge is 0.338 e. The van der Waals surface area contributed by atoms with E-state index >= 15 is 0 Å². The molecule has 0 fully saturated rings. The predicted molar refractivity (Wildman–Crippen MR) is 105 cm³/mol. The van der Waals surface area contributed by atoms with E-state index in [4.69, 9.17) is 9.47 Å². The van der Waals surface area contributed by atoms with Crippen molar-refractivity contribution in [2.24, 2.45) is 0 Å². The van der Waals surface area contributed by atoms with Crippen molar-refractivity contribution >= 4 is 27.7 Å². The van der Waals surface area contributed by atoms with E-state index in [2.05, 4.69) is 36.7 Å². The van der Waals surface area contributed by atoms with E-state index in [-0.39, 0.29) is 11.2 Å². The fourth-order valence-electron chi connectivity index (χ4n) is 2.44. The minimum absolute atomic E-state index is 0.0153. The molecule has 2 rings (SSSR count). The maximum atomic E-state index is 12.5. The fraction of sp³-hybridized carbons (Fsp3) is 0.333. The first kappa shape index (κ1) is 20.2. The molecular weight excluding hydrogens is 396 g/mol. The molecule has 0 aliphatic heterocycles. The van der Waals surface area contributed by atoms with Crippen LogP contribution in [0.25, 0.3) is 0 Å². The Morgan fingerprint density at radius 2 is 1.58 bits per heavy atom.